The number of benzene rings is 1. The van der Waals surface area contributed by atoms with E-state index in [4.69, 9.17) is 23.7 Å². The highest BCUT2D eigenvalue weighted by Gasteiger charge is 2.48. The third-order valence-corrected chi connectivity index (χ3v) is 7.24. The Hall–Kier alpha value is -4.46. The van der Waals surface area contributed by atoms with Crippen LogP contribution in [-0.4, -0.2) is 131 Å². The van der Waals surface area contributed by atoms with Crippen LogP contribution in [0.4, 0.5) is 5.69 Å². The number of aliphatic hydroxyl groups excluding tert-OH is 3. The molecule has 1 fully saturated rings. The number of imide groups is 1. The molecule has 1 aromatic carbocycles. The van der Waals surface area contributed by atoms with Gasteiger partial charge in [0, 0.05) is 31.5 Å². The molecule has 1 aromatic rings. The first-order valence-corrected chi connectivity index (χ1v) is 15.7. The number of amides is 4. The number of aliphatic hydroxyl groups is 3. The second kappa shape index (κ2) is 18.5. The maximum atomic E-state index is 12.8. The minimum Gasteiger partial charge on any atom is -0.479 e. The number of carboxylic acids is 1. The number of ether oxygens (including phenoxy) is 5. The molecule has 1 unspecified atom stereocenters. The second-order valence-electron chi connectivity index (χ2n) is 12.3. The van der Waals surface area contributed by atoms with Crippen LogP contribution in [0.3, 0.4) is 0 Å². The van der Waals surface area contributed by atoms with Crippen LogP contribution in [0.1, 0.15) is 39.2 Å². The fourth-order valence-electron chi connectivity index (χ4n) is 4.42. The number of carbonyl (C=O) groups excluding carboxylic acids is 5. The predicted molar refractivity (Wildman–Crippen MR) is 169 cm³/mol. The number of carboxylic acid groups (broad SMARTS) is 1. The van der Waals surface area contributed by atoms with Gasteiger partial charge >= 0.3 is 11.9 Å². The van der Waals surface area contributed by atoms with E-state index in [1.54, 1.807) is 20.8 Å². The standard InChI is InChI=1S/C32H43N3O15/c1-32(2,3)31(45)48-17-18-4-5-20(49-30-27(42)25(40)26(41)28(50-30)29(43)44)19(16-18)34-22(37)8-10-33-21(36)9-12-46-14-15-47-13-11-35-23(38)6-7-24(35)39/h4-7,16,25-28,30,40-42H,8-15,17H2,1-3H3,(H,33,36)(H,34,37)(H,43,44)/t25-,26-,27+,28-,30?/m0/s1. The first-order valence-electron chi connectivity index (χ1n) is 15.7. The first-order chi connectivity index (χ1) is 23.6. The van der Waals surface area contributed by atoms with Crippen LogP contribution in [0.5, 0.6) is 5.75 Å². The summed E-state index contributed by atoms with van der Waals surface area (Å²) in [5.74, 6) is -3.95. The van der Waals surface area contributed by atoms with E-state index in [1.165, 1.54) is 30.4 Å². The van der Waals surface area contributed by atoms with E-state index in [9.17, 15) is 49.2 Å². The summed E-state index contributed by atoms with van der Waals surface area (Å²) in [6.45, 7) is 5.51. The van der Waals surface area contributed by atoms with Gasteiger partial charge in [-0.15, -0.1) is 0 Å². The van der Waals surface area contributed by atoms with Crippen LogP contribution in [0, 0.1) is 5.41 Å². The average molecular weight is 710 g/mol. The SMILES string of the molecule is CC(C)(C)C(=O)OCc1ccc(OC2O[C@H](C(=O)O)[C@@H](O)[C@H](O)[C@H]2O)c(NC(=O)CCNC(=O)CCOCCOCCN2C(=O)C=CC2=O)c1. The summed E-state index contributed by atoms with van der Waals surface area (Å²) in [6.07, 6.45) is -7.21. The van der Waals surface area contributed by atoms with Crippen LogP contribution in [0.15, 0.2) is 30.4 Å². The van der Waals surface area contributed by atoms with Gasteiger partial charge in [-0.05, 0) is 38.5 Å². The Labute approximate surface area is 287 Å². The van der Waals surface area contributed by atoms with Crippen LogP contribution >= 0.6 is 0 Å². The second-order valence-corrected chi connectivity index (χ2v) is 12.3. The Bertz CT molecular complexity index is 1410. The van der Waals surface area contributed by atoms with Crippen molar-refractivity contribution in [3.8, 4) is 5.75 Å². The molecule has 6 N–H and O–H groups in total. The van der Waals surface area contributed by atoms with Crippen LogP contribution in [0.2, 0.25) is 0 Å². The summed E-state index contributed by atoms with van der Waals surface area (Å²) in [4.78, 5) is 72.8. The molecular weight excluding hydrogens is 666 g/mol. The molecule has 4 amide bonds. The molecular formula is C32H43N3O15. The Kier molecular flexibility index (Phi) is 14.8. The quantitative estimate of drug-likeness (QED) is 0.0597. The number of rotatable bonds is 18. The van der Waals surface area contributed by atoms with Crippen molar-refractivity contribution in [2.24, 2.45) is 5.41 Å². The zero-order chi connectivity index (χ0) is 37.0. The molecule has 1 saturated heterocycles. The summed E-state index contributed by atoms with van der Waals surface area (Å²) in [5, 5.41) is 45.0. The maximum Gasteiger partial charge on any atom is 0.335 e. The molecule has 2 heterocycles. The molecule has 0 aromatic heterocycles. The fourth-order valence-corrected chi connectivity index (χ4v) is 4.42. The van der Waals surface area contributed by atoms with Gasteiger partial charge in [-0.1, -0.05) is 6.07 Å². The first kappa shape index (κ1) is 40.0. The van der Waals surface area contributed by atoms with Gasteiger partial charge in [-0.3, -0.25) is 28.9 Å². The maximum absolute atomic E-state index is 12.8. The zero-order valence-corrected chi connectivity index (χ0v) is 27.9. The van der Waals surface area contributed by atoms with E-state index in [-0.39, 0.29) is 76.3 Å². The molecule has 0 spiro atoms. The minimum atomic E-state index is -1.94. The molecule has 18 nitrogen and oxygen atoms in total. The van der Waals surface area contributed by atoms with E-state index in [1.807, 2.05) is 0 Å². The third kappa shape index (κ3) is 11.9. The number of nitrogens with one attached hydrogen (secondary N) is 2. The molecule has 18 heteroatoms. The average Bonchev–Trinajstić information content (AvgIpc) is 3.37. The van der Waals surface area contributed by atoms with Crippen molar-refractivity contribution in [3.63, 3.8) is 0 Å². The highest BCUT2D eigenvalue weighted by Crippen LogP contribution is 2.31. The summed E-state index contributed by atoms with van der Waals surface area (Å²) >= 11 is 0. The lowest BCUT2D eigenvalue weighted by atomic mass is 9.97. The molecule has 0 saturated carbocycles. The van der Waals surface area contributed by atoms with Crippen molar-refractivity contribution in [1.29, 1.82) is 0 Å². The topological polar surface area (TPSA) is 257 Å². The molecule has 5 atom stereocenters. The number of hydrogen-bond donors (Lipinski definition) is 6. The lowest BCUT2D eigenvalue weighted by Crippen LogP contribution is -2.61. The minimum absolute atomic E-state index is 0.00100. The van der Waals surface area contributed by atoms with E-state index in [0.29, 0.717) is 5.56 Å². The lowest BCUT2D eigenvalue weighted by molar-refractivity contribution is -0.271. The summed E-state index contributed by atoms with van der Waals surface area (Å²) in [7, 11) is 0. The third-order valence-electron chi connectivity index (χ3n) is 7.24. The van der Waals surface area contributed by atoms with Gasteiger partial charge in [0.2, 0.25) is 18.1 Å². The molecule has 0 bridgehead atoms. The van der Waals surface area contributed by atoms with Crippen LogP contribution in [0.25, 0.3) is 0 Å². The molecule has 0 radical (unpaired) electrons. The monoisotopic (exact) mass is 709 g/mol. The number of aliphatic carboxylic acids is 1. The Morgan fingerprint density at radius 2 is 1.54 bits per heavy atom. The Morgan fingerprint density at radius 1 is 0.880 bits per heavy atom. The van der Waals surface area contributed by atoms with Gasteiger partial charge in [-0.2, -0.15) is 0 Å². The molecule has 2 aliphatic heterocycles. The Morgan fingerprint density at radius 3 is 2.18 bits per heavy atom. The smallest absolute Gasteiger partial charge is 0.335 e. The van der Waals surface area contributed by atoms with Gasteiger partial charge < -0.3 is 54.7 Å². The largest absolute Gasteiger partial charge is 0.479 e. The number of carbonyl (C=O) groups is 6. The van der Waals surface area contributed by atoms with Crippen molar-refractivity contribution in [2.75, 3.05) is 44.8 Å². The van der Waals surface area contributed by atoms with E-state index >= 15 is 0 Å². The number of esters is 1. The predicted octanol–water partition coefficient (Wildman–Crippen LogP) is -1.16. The highest BCUT2D eigenvalue weighted by atomic mass is 16.7. The van der Waals surface area contributed by atoms with Gasteiger partial charge in [0.15, 0.2) is 6.10 Å². The number of hydrogen-bond acceptors (Lipinski definition) is 14. The van der Waals surface area contributed by atoms with Gasteiger partial charge in [0.1, 0.15) is 30.7 Å². The number of nitrogens with zero attached hydrogens (tertiary/aromatic N) is 1. The molecule has 276 valence electrons. The van der Waals surface area contributed by atoms with Crippen molar-refractivity contribution in [3.05, 3.63) is 35.9 Å². The molecule has 50 heavy (non-hydrogen) atoms. The van der Waals surface area contributed by atoms with Gasteiger partial charge in [0.05, 0.1) is 44.1 Å². The van der Waals surface area contributed by atoms with Crippen molar-refractivity contribution >= 4 is 41.3 Å². The van der Waals surface area contributed by atoms with Crippen LogP contribution < -0.4 is 15.4 Å². The number of anilines is 1. The van der Waals surface area contributed by atoms with Gasteiger partial charge in [0.25, 0.3) is 11.8 Å². The molecule has 0 aliphatic carbocycles. The summed E-state index contributed by atoms with van der Waals surface area (Å²) in [6, 6.07) is 4.25. The zero-order valence-electron chi connectivity index (χ0n) is 27.9. The summed E-state index contributed by atoms with van der Waals surface area (Å²) < 4.78 is 26.8. The van der Waals surface area contributed by atoms with Crippen molar-refractivity contribution in [1.82, 2.24) is 10.2 Å². The lowest BCUT2D eigenvalue weighted by Gasteiger charge is -2.38. The molecule has 2 aliphatic rings. The highest BCUT2D eigenvalue weighted by molar-refractivity contribution is 6.12. The van der Waals surface area contributed by atoms with Crippen molar-refractivity contribution < 1.29 is 72.9 Å². The van der Waals surface area contributed by atoms with Crippen molar-refractivity contribution in [2.45, 2.75) is 70.9 Å². The normalized spacial score (nSPS) is 22.0. The summed E-state index contributed by atoms with van der Waals surface area (Å²) in [5.41, 5.74) is -0.328. The van der Waals surface area contributed by atoms with Crippen LogP contribution in [-0.2, 0) is 54.3 Å². The van der Waals surface area contributed by atoms with E-state index in [0.717, 1.165) is 4.90 Å². The van der Waals surface area contributed by atoms with E-state index in [2.05, 4.69) is 10.6 Å². The van der Waals surface area contributed by atoms with Gasteiger partial charge in [-0.25, -0.2) is 4.79 Å². The Balaban J connectivity index is 1.48. The van der Waals surface area contributed by atoms with E-state index < -0.39 is 65.8 Å². The molecule has 3 rings (SSSR count). The fraction of sp³-hybridized carbons (Fsp3) is 0.562.